The van der Waals surface area contributed by atoms with E-state index in [1.165, 1.54) is 31.7 Å². The van der Waals surface area contributed by atoms with Gasteiger partial charge in [-0.15, -0.1) is 0 Å². The molecule has 1 saturated carbocycles. The average Bonchev–Trinajstić information content (AvgIpc) is 2.96. The zero-order chi connectivity index (χ0) is 12.3. The maximum Gasteiger partial charge on any atom is 0.371 e. The van der Waals surface area contributed by atoms with E-state index in [-0.39, 0.29) is 5.76 Å². The van der Waals surface area contributed by atoms with Gasteiger partial charge in [0.15, 0.2) is 0 Å². The Morgan fingerprint density at radius 3 is 2.71 bits per heavy atom. The zero-order valence-corrected chi connectivity index (χ0v) is 10.2. The van der Waals surface area contributed by atoms with Crippen LogP contribution in [0, 0.1) is 0 Å². The third-order valence-electron chi connectivity index (χ3n) is 3.48. The summed E-state index contributed by atoms with van der Waals surface area (Å²) < 4.78 is 5.30. The van der Waals surface area contributed by atoms with Crippen LogP contribution < -0.4 is 0 Å². The molecule has 4 heteroatoms. The molecule has 1 aliphatic carbocycles. The quantitative estimate of drug-likeness (QED) is 0.855. The fraction of sp³-hybridized carbons (Fsp3) is 0.615. The van der Waals surface area contributed by atoms with Crippen LogP contribution in [0.2, 0.25) is 0 Å². The number of nitrogens with zero attached hydrogens (tertiary/aromatic N) is 1. The number of rotatable bonds is 5. The van der Waals surface area contributed by atoms with E-state index in [0.717, 1.165) is 12.3 Å². The average molecular weight is 237 g/mol. The Balaban J connectivity index is 1.99. The van der Waals surface area contributed by atoms with E-state index in [0.29, 0.717) is 12.6 Å². The van der Waals surface area contributed by atoms with Gasteiger partial charge in [0.25, 0.3) is 0 Å². The summed E-state index contributed by atoms with van der Waals surface area (Å²) in [6.45, 7) is 3.83. The maximum atomic E-state index is 10.7. The van der Waals surface area contributed by atoms with Crippen LogP contribution in [0.25, 0.3) is 0 Å². The van der Waals surface area contributed by atoms with E-state index < -0.39 is 5.97 Å². The molecule has 1 heterocycles. The predicted molar refractivity (Wildman–Crippen MR) is 64.0 cm³/mol. The summed E-state index contributed by atoms with van der Waals surface area (Å²) in [5.41, 5.74) is 0. The fourth-order valence-electron chi connectivity index (χ4n) is 2.55. The van der Waals surface area contributed by atoms with E-state index in [4.69, 9.17) is 9.52 Å². The van der Waals surface area contributed by atoms with Crippen molar-refractivity contribution in [2.24, 2.45) is 0 Å². The normalized spacial score (nSPS) is 16.8. The highest BCUT2D eigenvalue weighted by molar-refractivity contribution is 5.84. The lowest BCUT2D eigenvalue weighted by atomic mass is 10.2. The molecular formula is C13H19NO3. The van der Waals surface area contributed by atoms with Crippen molar-refractivity contribution in [2.75, 3.05) is 6.54 Å². The Bertz CT molecular complexity index is 380. The highest BCUT2D eigenvalue weighted by Crippen LogP contribution is 2.25. The summed E-state index contributed by atoms with van der Waals surface area (Å²) >= 11 is 0. The minimum Gasteiger partial charge on any atom is -0.475 e. The van der Waals surface area contributed by atoms with E-state index in [2.05, 4.69) is 11.8 Å². The molecule has 1 N–H and O–H groups in total. The summed E-state index contributed by atoms with van der Waals surface area (Å²) in [7, 11) is 0. The fourth-order valence-corrected chi connectivity index (χ4v) is 2.55. The molecule has 0 aromatic carbocycles. The number of aromatic carboxylic acids is 1. The Hall–Kier alpha value is -1.29. The van der Waals surface area contributed by atoms with E-state index in [9.17, 15) is 4.79 Å². The smallest absolute Gasteiger partial charge is 0.371 e. The largest absolute Gasteiger partial charge is 0.475 e. The van der Waals surface area contributed by atoms with Crippen LogP contribution in [0.4, 0.5) is 0 Å². The van der Waals surface area contributed by atoms with Crippen LogP contribution >= 0.6 is 0 Å². The second-order valence-electron chi connectivity index (χ2n) is 4.57. The second-order valence-corrected chi connectivity index (χ2v) is 4.57. The van der Waals surface area contributed by atoms with E-state index >= 15 is 0 Å². The number of carbonyl (C=O) groups is 1. The summed E-state index contributed by atoms with van der Waals surface area (Å²) in [5, 5.41) is 8.79. The molecule has 0 saturated heterocycles. The van der Waals surface area contributed by atoms with Gasteiger partial charge in [-0.1, -0.05) is 19.8 Å². The topological polar surface area (TPSA) is 53.7 Å². The first-order valence-electron chi connectivity index (χ1n) is 6.26. The molecule has 0 bridgehead atoms. The molecule has 0 unspecified atom stereocenters. The molecule has 0 spiro atoms. The van der Waals surface area contributed by atoms with Crippen molar-refractivity contribution in [2.45, 2.75) is 45.2 Å². The number of carboxylic acid groups (broad SMARTS) is 1. The summed E-state index contributed by atoms with van der Waals surface area (Å²) in [4.78, 5) is 13.1. The van der Waals surface area contributed by atoms with Gasteiger partial charge in [-0.2, -0.15) is 0 Å². The van der Waals surface area contributed by atoms with Crippen molar-refractivity contribution in [1.29, 1.82) is 0 Å². The predicted octanol–water partition coefficient (Wildman–Crippen LogP) is 2.74. The van der Waals surface area contributed by atoms with Gasteiger partial charge in [-0.05, 0) is 31.5 Å². The minimum absolute atomic E-state index is 0.0301. The molecule has 17 heavy (non-hydrogen) atoms. The summed E-state index contributed by atoms with van der Waals surface area (Å²) in [6.07, 6.45) is 5.11. The number of carboxylic acids is 1. The molecule has 2 rings (SSSR count). The molecule has 94 valence electrons. The van der Waals surface area contributed by atoms with Crippen LogP contribution in [0.1, 0.15) is 48.9 Å². The maximum absolute atomic E-state index is 10.7. The molecule has 1 aromatic rings. The molecule has 0 radical (unpaired) electrons. The third-order valence-corrected chi connectivity index (χ3v) is 3.48. The number of furan rings is 1. The lowest BCUT2D eigenvalue weighted by Gasteiger charge is -2.26. The van der Waals surface area contributed by atoms with Gasteiger partial charge in [0, 0.05) is 6.04 Å². The Morgan fingerprint density at radius 1 is 1.47 bits per heavy atom. The molecule has 1 fully saturated rings. The van der Waals surface area contributed by atoms with Crippen LogP contribution in [-0.4, -0.2) is 28.6 Å². The Morgan fingerprint density at radius 2 is 2.18 bits per heavy atom. The Labute approximate surface area is 101 Å². The van der Waals surface area contributed by atoms with Gasteiger partial charge in [0.1, 0.15) is 5.76 Å². The molecule has 0 amide bonds. The zero-order valence-electron chi connectivity index (χ0n) is 10.2. The number of hydrogen-bond donors (Lipinski definition) is 1. The minimum atomic E-state index is -1.000. The SMILES string of the molecule is CCN(Cc1ccc(C(=O)O)o1)C1CCCC1. The van der Waals surface area contributed by atoms with Crippen LogP contribution in [-0.2, 0) is 6.54 Å². The monoisotopic (exact) mass is 237 g/mol. The van der Waals surface area contributed by atoms with Crippen LogP contribution in [0.3, 0.4) is 0 Å². The Kier molecular flexibility index (Phi) is 3.84. The summed E-state index contributed by atoms with van der Waals surface area (Å²) in [5.74, 6) is -0.223. The third kappa shape index (κ3) is 2.88. The molecule has 4 nitrogen and oxygen atoms in total. The highest BCUT2D eigenvalue weighted by atomic mass is 16.4. The number of hydrogen-bond acceptors (Lipinski definition) is 3. The standard InChI is InChI=1S/C13H19NO3/c1-2-14(10-5-3-4-6-10)9-11-7-8-12(17-11)13(15)16/h7-8,10H,2-6,9H2,1H3,(H,15,16). The van der Waals surface area contributed by atoms with Gasteiger partial charge in [0.2, 0.25) is 5.76 Å². The molecular weight excluding hydrogens is 218 g/mol. The molecule has 1 aliphatic rings. The van der Waals surface area contributed by atoms with Crippen LogP contribution in [0.15, 0.2) is 16.5 Å². The van der Waals surface area contributed by atoms with Gasteiger partial charge in [0.05, 0.1) is 6.54 Å². The molecule has 0 aliphatic heterocycles. The van der Waals surface area contributed by atoms with E-state index in [1.807, 2.05) is 0 Å². The lowest BCUT2D eigenvalue weighted by Crippen LogP contribution is -2.32. The van der Waals surface area contributed by atoms with Gasteiger partial charge < -0.3 is 9.52 Å². The van der Waals surface area contributed by atoms with Crippen molar-refractivity contribution in [1.82, 2.24) is 4.90 Å². The van der Waals surface area contributed by atoms with Crippen molar-refractivity contribution >= 4 is 5.97 Å². The van der Waals surface area contributed by atoms with Gasteiger partial charge in [-0.25, -0.2) is 4.79 Å². The highest BCUT2D eigenvalue weighted by Gasteiger charge is 2.22. The lowest BCUT2D eigenvalue weighted by molar-refractivity contribution is 0.0657. The van der Waals surface area contributed by atoms with Gasteiger partial charge in [-0.3, -0.25) is 4.90 Å². The van der Waals surface area contributed by atoms with Gasteiger partial charge >= 0.3 is 5.97 Å². The first-order chi connectivity index (χ1) is 8.20. The molecule has 1 aromatic heterocycles. The summed E-state index contributed by atoms with van der Waals surface area (Å²) in [6, 6.07) is 3.93. The first-order valence-corrected chi connectivity index (χ1v) is 6.26. The first kappa shape index (κ1) is 12.2. The van der Waals surface area contributed by atoms with Crippen molar-refractivity contribution in [3.05, 3.63) is 23.7 Å². The second kappa shape index (κ2) is 5.36. The van der Waals surface area contributed by atoms with Crippen molar-refractivity contribution < 1.29 is 14.3 Å². The van der Waals surface area contributed by atoms with Crippen molar-refractivity contribution in [3.63, 3.8) is 0 Å². The van der Waals surface area contributed by atoms with Crippen LogP contribution in [0.5, 0.6) is 0 Å². The van der Waals surface area contributed by atoms with Crippen molar-refractivity contribution in [3.8, 4) is 0 Å². The van der Waals surface area contributed by atoms with E-state index in [1.54, 1.807) is 6.07 Å². The molecule has 0 atom stereocenters.